The van der Waals surface area contributed by atoms with Crippen LogP contribution in [-0.4, -0.2) is 37.1 Å². The van der Waals surface area contributed by atoms with Gasteiger partial charge in [-0.05, 0) is 39.1 Å². The zero-order valence-electron chi connectivity index (χ0n) is 10.7. The summed E-state index contributed by atoms with van der Waals surface area (Å²) in [6, 6.07) is 5.77. The number of hydrogen-bond acceptors (Lipinski definition) is 3. The van der Waals surface area contributed by atoms with Crippen molar-refractivity contribution in [2.75, 3.05) is 30.8 Å². The van der Waals surface area contributed by atoms with Gasteiger partial charge < -0.3 is 10.6 Å². The summed E-state index contributed by atoms with van der Waals surface area (Å²) in [5.41, 5.74) is 6.70. The SMILES string of the molecule is CC1CN(c2ccc(N)cc2F)CC(C)N1C. The van der Waals surface area contributed by atoms with Crippen molar-refractivity contribution in [1.29, 1.82) is 0 Å². The van der Waals surface area contributed by atoms with E-state index in [0.29, 0.717) is 23.5 Å². The topological polar surface area (TPSA) is 32.5 Å². The van der Waals surface area contributed by atoms with E-state index in [2.05, 4.69) is 30.7 Å². The Hall–Kier alpha value is -1.29. The minimum Gasteiger partial charge on any atom is -0.399 e. The fourth-order valence-corrected chi connectivity index (χ4v) is 2.38. The molecule has 2 atom stereocenters. The maximum absolute atomic E-state index is 13.9. The van der Waals surface area contributed by atoms with Crippen molar-refractivity contribution in [1.82, 2.24) is 4.90 Å². The molecule has 0 saturated carbocycles. The van der Waals surface area contributed by atoms with Crippen LogP contribution in [0.1, 0.15) is 13.8 Å². The third-order valence-electron chi connectivity index (χ3n) is 3.67. The molecule has 0 amide bonds. The Morgan fingerprint density at radius 2 is 1.82 bits per heavy atom. The fraction of sp³-hybridized carbons (Fsp3) is 0.538. The number of piperazine rings is 1. The van der Waals surface area contributed by atoms with Gasteiger partial charge in [0.15, 0.2) is 0 Å². The summed E-state index contributed by atoms with van der Waals surface area (Å²) in [6.07, 6.45) is 0. The molecular weight excluding hydrogens is 217 g/mol. The molecule has 1 fully saturated rings. The number of hydrogen-bond donors (Lipinski definition) is 1. The maximum atomic E-state index is 13.9. The average Bonchev–Trinajstić information content (AvgIpc) is 2.25. The van der Waals surface area contributed by atoms with Crippen molar-refractivity contribution in [2.24, 2.45) is 0 Å². The van der Waals surface area contributed by atoms with E-state index in [9.17, 15) is 4.39 Å². The van der Waals surface area contributed by atoms with Crippen molar-refractivity contribution in [3.63, 3.8) is 0 Å². The molecule has 94 valence electrons. The van der Waals surface area contributed by atoms with Crippen LogP contribution in [-0.2, 0) is 0 Å². The third kappa shape index (κ3) is 2.36. The van der Waals surface area contributed by atoms with Gasteiger partial charge in [0, 0.05) is 30.9 Å². The molecule has 1 heterocycles. The van der Waals surface area contributed by atoms with Crippen molar-refractivity contribution in [3.05, 3.63) is 24.0 Å². The Bertz CT molecular complexity index is 396. The van der Waals surface area contributed by atoms with Crippen LogP contribution < -0.4 is 10.6 Å². The second-order valence-electron chi connectivity index (χ2n) is 4.98. The van der Waals surface area contributed by atoms with E-state index in [-0.39, 0.29) is 5.82 Å². The third-order valence-corrected chi connectivity index (χ3v) is 3.67. The minimum atomic E-state index is -0.228. The van der Waals surface area contributed by atoms with Gasteiger partial charge in [0.05, 0.1) is 5.69 Å². The number of likely N-dealkylation sites (N-methyl/N-ethyl adjacent to an activating group) is 1. The van der Waals surface area contributed by atoms with Gasteiger partial charge in [-0.15, -0.1) is 0 Å². The van der Waals surface area contributed by atoms with Crippen LogP contribution >= 0.6 is 0 Å². The molecule has 0 radical (unpaired) electrons. The second kappa shape index (κ2) is 4.53. The number of halogens is 1. The van der Waals surface area contributed by atoms with E-state index in [1.165, 1.54) is 6.07 Å². The van der Waals surface area contributed by atoms with E-state index in [1.54, 1.807) is 12.1 Å². The highest BCUT2D eigenvalue weighted by molar-refractivity contribution is 5.55. The minimum absolute atomic E-state index is 0.228. The highest BCUT2D eigenvalue weighted by atomic mass is 19.1. The van der Waals surface area contributed by atoms with Gasteiger partial charge in [-0.3, -0.25) is 4.90 Å². The van der Waals surface area contributed by atoms with E-state index in [4.69, 9.17) is 5.73 Å². The lowest BCUT2D eigenvalue weighted by molar-refractivity contribution is 0.169. The van der Waals surface area contributed by atoms with E-state index < -0.39 is 0 Å². The lowest BCUT2D eigenvalue weighted by Crippen LogP contribution is -2.55. The number of anilines is 2. The average molecular weight is 237 g/mol. The Morgan fingerprint density at radius 3 is 2.35 bits per heavy atom. The summed E-state index contributed by atoms with van der Waals surface area (Å²) in [5.74, 6) is -0.228. The first kappa shape index (κ1) is 12.2. The maximum Gasteiger partial charge on any atom is 0.148 e. The van der Waals surface area contributed by atoms with Crippen molar-refractivity contribution in [2.45, 2.75) is 25.9 Å². The zero-order valence-corrected chi connectivity index (χ0v) is 10.7. The normalized spacial score (nSPS) is 26.2. The Labute approximate surface area is 102 Å². The predicted octanol–water partition coefficient (Wildman–Crippen LogP) is 1.94. The molecule has 2 unspecified atom stereocenters. The van der Waals surface area contributed by atoms with E-state index in [0.717, 1.165) is 13.1 Å². The fourth-order valence-electron chi connectivity index (χ4n) is 2.38. The second-order valence-corrected chi connectivity index (χ2v) is 4.98. The number of nitrogen functional groups attached to an aromatic ring is 1. The Kier molecular flexibility index (Phi) is 3.24. The van der Waals surface area contributed by atoms with Crippen molar-refractivity contribution in [3.8, 4) is 0 Å². The standard InChI is InChI=1S/C13H20FN3/c1-9-7-17(8-10(2)16(9)3)13-5-4-11(15)6-12(13)14/h4-6,9-10H,7-8,15H2,1-3H3. The van der Waals surface area contributed by atoms with Crippen LogP contribution in [0.2, 0.25) is 0 Å². The van der Waals surface area contributed by atoms with Gasteiger partial charge in [-0.1, -0.05) is 0 Å². The molecule has 4 heteroatoms. The van der Waals surface area contributed by atoms with Gasteiger partial charge in [-0.2, -0.15) is 0 Å². The molecule has 0 spiro atoms. The molecule has 2 N–H and O–H groups in total. The first-order valence-corrected chi connectivity index (χ1v) is 6.01. The molecule has 1 aromatic carbocycles. The highest BCUT2D eigenvalue weighted by Gasteiger charge is 2.27. The Morgan fingerprint density at radius 1 is 1.24 bits per heavy atom. The molecule has 1 aliphatic heterocycles. The van der Waals surface area contributed by atoms with Crippen LogP contribution in [0.15, 0.2) is 18.2 Å². The molecule has 0 aliphatic carbocycles. The zero-order chi connectivity index (χ0) is 12.6. The quantitative estimate of drug-likeness (QED) is 0.758. The smallest absolute Gasteiger partial charge is 0.148 e. The van der Waals surface area contributed by atoms with Crippen molar-refractivity contribution >= 4 is 11.4 Å². The largest absolute Gasteiger partial charge is 0.399 e. The summed E-state index contributed by atoms with van der Waals surface area (Å²) < 4.78 is 13.9. The lowest BCUT2D eigenvalue weighted by atomic mass is 10.1. The van der Waals surface area contributed by atoms with Crippen LogP contribution in [0.25, 0.3) is 0 Å². The first-order chi connectivity index (χ1) is 7.99. The molecule has 0 bridgehead atoms. The number of nitrogens with two attached hydrogens (primary N) is 1. The molecule has 3 nitrogen and oxygen atoms in total. The van der Waals surface area contributed by atoms with Crippen molar-refractivity contribution < 1.29 is 4.39 Å². The first-order valence-electron chi connectivity index (χ1n) is 6.01. The van der Waals surface area contributed by atoms with Gasteiger partial charge in [-0.25, -0.2) is 4.39 Å². The lowest BCUT2D eigenvalue weighted by Gasteiger charge is -2.43. The summed E-state index contributed by atoms with van der Waals surface area (Å²) in [6.45, 7) is 6.03. The monoisotopic (exact) mass is 237 g/mol. The number of benzene rings is 1. The molecule has 1 aliphatic rings. The molecule has 1 saturated heterocycles. The van der Waals surface area contributed by atoms with E-state index >= 15 is 0 Å². The molecule has 1 aromatic rings. The summed E-state index contributed by atoms with van der Waals surface area (Å²) in [5, 5.41) is 0. The van der Waals surface area contributed by atoms with Gasteiger partial charge in [0.1, 0.15) is 5.82 Å². The summed E-state index contributed by atoms with van der Waals surface area (Å²) >= 11 is 0. The molecule has 2 rings (SSSR count). The summed E-state index contributed by atoms with van der Waals surface area (Å²) in [7, 11) is 2.12. The van der Waals surface area contributed by atoms with Crippen LogP contribution in [0, 0.1) is 5.82 Å². The number of nitrogens with zero attached hydrogens (tertiary/aromatic N) is 2. The Balaban J connectivity index is 2.23. The highest BCUT2D eigenvalue weighted by Crippen LogP contribution is 2.25. The molecule has 0 aromatic heterocycles. The van der Waals surface area contributed by atoms with Crippen LogP contribution in [0.4, 0.5) is 15.8 Å². The van der Waals surface area contributed by atoms with Crippen LogP contribution in [0.5, 0.6) is 0 Å². The molecular formula is C13H20FN3. The van der Waals surface area contributed by atoms with Crippen LogP contribution in [0.3, 0.4) is 0 Å². The number of rotatable bonds is 1. The molecule has 17 heavy (non-hydrogen) atoms. The summed E-state index contributed by atoms with van der Waals surface area (Å²) in [4.78, 5) is 4.43. The predicted molar refractivity (Wildman–Crippen MR) is 69.7 cm³/mol. The van der Waals surface area contributed by atoms with Gasteiger partial charge >= 0.3 is 0 Å². The van der Waals surface area contributed by atoms with Gasteiger partial charge in [0.2, 0.25) is 0 Å². The van der Waals surface area contributed by atoms with Gasteiger partial charge in [0.25, 0.3) is 0 Å². The van der Waals surface area contributed by atoms with E-state index in [1.807, 2.05) is 0 Å².